The highest BCUT2D eigenvalue weighted by Gasteiger charge is 2.44. The molecule has 200 valence electrons. The molecule has 3 aliphatic carbocycles. The Balaban J connectivity index is 1.32. The van der Waals surface area contributed by atoms with Gasteiger partial charge in [-0.3, -0.25) is 4.57 Å². The third kappa shape index (κ3) is 3.11. The summed E-state index contributed by atoms with van der Waals surface area (Å²) >= 11 is 0. The lowest BCUT2D eigenvalue weighted by Crippen LogP contribution is -2.23. The normalized spacial score (nSPS) is 19.6. The van der Waals surface area contributed by atoms with E-state index in [0.29, 0.717) is 0 Å². The maximum atomic E-state index is 5.33. The summed E-state index contributed by atoms with van der Waals surface area (Å²) in [6.45, 7) is 4.73. The van der Waals surface area contributed by atoms with E-state index in [2.05, 4.69) is 146 Å². The lowest BCUT2D eigenvalue weighted by Gasteiger charge is -2.33. The molecule has 0 N–H and O–H groups in total. The van der Waals surface area contributed by atoms with Crippen LogP contribution in [0.4, 0.5) is 0 Å². The Labute approximate surface area is 245 Å². The first-order chi connectivity index (χ1) is 20.6. The van der Waals surface area contributed by atoms with Gasteiger partial charge in [0.25, 0.3) is 0 Å². The van der Waals surface area contributed by atoms with Gasteiger partial charge in [-0.2, -0.15) is 0 Å². The predicted octanol–water partition coefficient (Wildman–Crippen LogP) is 9.28. The van der Waals surface area contributed by atoms with Gasteiger partial charge in [0.2, 0.25) is 5.95 Å². The van der Waals surface area contributed by atoms with Gasteiger partial charge in [-0.05, 0) is 34.4 Å². The summed E-state index contributed by atoms with van der Waals surface area (Å²) < 4.78 is 2.34. The maximum Gasteiger partial charge on any atom is 0.235 e. The van der Waals surface area contributed by atoms with Crippen LogP contribution in [0.25, 0.3) is 50.7 Å². The third-order valence-electron chi connectivity index (χ3n) is 9.62. The van der Waals surface area contributed by atoms with Crippen molar-refractivity contribution in [2.45, 2.75) is 25.2 Å². The summed E-state index contributed by atoms with van der Waals surface area (Å²) in [5.41, 5.74) is 12.4. The molecule has 0 radical (unpaired) electrons. The van der Waals surface area contributed by atoms with E-state index in [4.69, 9.17) is 9.97 Å². The second-order valence-corrected chi connectivity index (χ2v) is 12.2. The van der Waals surface area contributed by atoms with E-state index in [-0.39, 0.29) is 17.3 Å². The zero-order chi connectivity index (χ0) is 28.0. The van der Waals surface area contributed by atoms with Gasteiger partial charge in [-0.25, -0.2) is 9.97 Å². The van der Waals surface area contributed by atoms with E-state index in [1.165, 1.54) is 38.9 Å². The Morgan fingerprint density at radius 2 is 1.38 bits per heavy atom. The first-order valence-electron chi connectivity index (χ1n) is 14.8. The number of fused-ring (bicyclic) bond motifs is 9. The van der Waals surface area contributed by atoms with E-state index < -0.39 is 0 Å². The lowest BCUT2D eigenvalue weighted by atomic mass is 9.71. The molecule has 2 atom stereocenters. The summed E-state index contributed by atoms with van der Waals surface area (Å²) in [7, 11) is 0. The molecule has 0 bridgehead atoms. The van der Waals surface area contributed by atoms with Crippen molar-refractivity contribution in [1.82, 2.24) is 14.5 Å². The second kappa shape index (κ2) is 8.50. The summed E-state index contributed by atoms with van der Waals surface area (Å²) in [6.07, 6.45) is 9.63. The Morgan fingerprint density at radius 3 is 2.26 bits per heavy atom. The number of rotatable bonds is 2. The molecule has 9 rings (SSSR count). The minimum atomic E-state index is -0.0136. The first kappa shape index (κ1) is 23.7. The fraction of sp³-hybridized carbons (Fsp3) is 0.128. The number of benzene rings is 4. The predicted molar refractivity (Wildman–Crippen MR) is 173 cm³/mol. The van der Waals surface area contributed by atoms with E-state index in [0.717, 1.165) is 33.6 Å². The van der Waals surface area contributed by atoms with Crippen molar-refractivity contribution in [2.75, 3.05) is 0 Å². The number of para-hydroxylation sites is 2. The van der Waals surface area contributed by atoms with Crippen molar-refractivity contribution in [3.63, 3.8) is 0 Å². The minimum absolute atomic E-state index is 0.0136. The monoisotopic (exact) mass is 539 g/mol. The third-order valence-corrected chi connectivity index (χ3v) is 9.62. The van der Waals surface area contributed by atoms with Crippen LogP contribution in [0.1, 0.15) is 42.1 Å². The molecule has 0 spiro atoms. The number of aromatic nitrogens is 3. The van der Waals surface area contributed by atoms with Crippen molar-refractivity contribution in [1.29, 1.82) is 0 Å². The molecule has 6 aromatic rings. The quantitative estimate of drug-likeness (QED) is 0.220. The number of nitrogens with zero attached hydrogens (tertiary/aromatic N) is 3. The molecule has 0 saturated carbocycles. The molecule has 0 amide bonds. The summed E-state index contributed by atoms with van der Waals surface area (Å²) in [4.78, 5) is 10.5. The topological polar surface area (TPSA) is 30.7 Å². The van der Waals surface area contributed by atoms with Crippen LogP contribution in [0.5, 0.6) is 0 Å². The van der Waals surface area contributed by atoms with Gasteiger partial charge in [0.05, 0.1) is 16.7 Å². The van der Waals surface area contributed by atoms with E-state index in [1.54, 1.807) is 0 Å². The van der Waals surface area contributed by atoms with Crippen molar-refractivity contribution in [2.24, 2.45) is 5.92 Å². The maximum absolute atomic E-state index is 5.33. The van der Waals surface area contributed by atoms with Gasteiger partial charge in [-0.1, -0.05) is 129 Å². The molecule has 4 aromatic carbocycles. The van der Waals surface area contributed by atoms with Crippen molar-refractivity contribution < 1.29 is 0 Å². The smallest absolute Gasteiger partial charge is 0.235 e. The minimum Gasteiger partial charge on any atom is -0.281 e. The highest BCUT2D eigenvalue weighted by Crippen LogP contribution is 2.57. The summed E-state index contributed by atoms with van der Waals surface area (Å²) in [5.74, 6) is 1.14. The van der Waals surface area contributed by atoms with Crippen LogP contribution in [0, 0.1) is 5.92 Å². The van der Waals surface area contributed by atoms with Crippen LogP contribution in [-0.4, -0.2) is 14.5 Å². The largest absolute Gasteiger partial charge is 0.281 e. The Morgan fingerprint density at radius 1 is 0.667 bits per heavy atom. The molecule has 0 fully saturated rings. The molecule has 2 aromatic heterocycles. The molecular formula is C39H29N3. The molecule has 2 heterocycles. The van der Waals surface area contributed by atoms with Crippen LogP contribution in [0.2, 0.25) is 0 Å². The van der Waals surface area contributed by atoms with Gasteiger partial charge in [0, 0.05) is 44.8 Å². The van der Waals surface area contributed by atoms with Crippen LogP contribution < -0.4 is 0 Å². The zero-order valence-corrected chi connectivity index (χ0v) is 23.6. The van der Waals surface area contributed by atoms with Gasteiger partial charge in [0.1, 0.15) is 0 Å². The fourth-order valence-corrected chi connectivity index (χ4v) is 7.71. The highest BCUT2D eigenvalue weighted by molar-refractivity contribution is 5.97. The molecule has 42 heavy (non-hydrogen) atoms. The molecule has 3 nitrogen and oxygen atoms in total. The zero-order valence-electron chi connectivity index (χ0n) is 23.6. The summed E-state index contributed by atoms with van der Waals surface area (Å²) in [5, 5.41) is 2.30. The number of allylic oxidation sites excluding steroid dienone is 5. The molecule has 0 saturated heterocycles. The highest BCUT2D eigenvalue weighted by atomic mass is 15.2. The van der Waals surface area contributed by atoms with E-state index in [9.17, 15) is 0 Å². The molecule has 2 unspecified atom stereocenters. The van der Waals surface area contributed by atoms with Crippen LogP contribution >= 0.6 is 0 Å². The Kier molecular flexibility index (Phi) is 4.79. The summed E-state index contributed by atoms with van der Waals surface area (Å²) in [6, 6.07) is 36.5. The lowest BCUT2D eigenvalue weighted by molar-refractivity contribution is 0.628. The van der Waals surface area contributed by atoms with Crippen molar-refractivity contribution >= 4 is 33.5 Å². The second-order valence-electron chi connectivity index (χ2n) is 12.2. The number of hydrogen-bond donors (Lipinski definition) is 0. The van der Waals surface area contributed by atoms with Gasteiger partial charge in [0.15, 0.2) is 0 Å². The molecule has 3 aliphatic rings. The SMILES string of the molecule is CC1(C)C2=C(c3ccccc31)C1C=Cc3c(n(-c4nc(-c5ccccc5)c5ccccc5n4)c4ccccc34)C1C=C2. The molecule has 3 heteroatoms. The van der Waals surface area contributed by atoms with Crippen LogP contribution in [0.3, 0.4) is 0 Å². The van der Waals surface area contributed by atoms with Crippen molar-refractivity contribution in [3.05, 3.63) is 149 Å². The van der Waals surface area contributed by atoms with E-state index in [1.807, 2.05) is 0 Å². The van der Waals surface area contributed by atoms with Crippen LogP contribution in [0.15, 0.2) is 127 Å². The Bertz CT molecular complexity index is 2170. The van der Waals surface area contributed by atoms with Gasteiger partial charge < -0.3 is 0 Å². The van der Waals surface area contributed by atoms with Gasteiger partial charge in [-0.15, -0.1) is 0 Å². The van der Waals surface area contributed by atoms with E-state index >= 15 is 0 Å². The molecule has 0 aliphatic heterocycles. The first-order valence-corrected chi connectivity index (χ1v) is 14.8. The van der Waals surface area contributed by atoms with Gasteiger partial charge >= 0.3 is 0 Å². The molecular weight excluding hydrogens is 510 g/mol. The van der Waals surface area contributed by atoms with Crippen molar-refractivity contribution in [3.8, 4) is 17.2 Å². The average Bonchev–Trinajstić information content (AvgIpc) is 3.50. The van der Waals surface area contributed by atoms with Crippen LogP contribution in [-0.2, 0) is 5.41 Å². The standard InChI is InChI=1S/C39H29N3/c1-39(2)31-17-9-6-15-29(31)35-26-20-21-27-25-14-8-11-19-34(25)42(37(27)28(26)22-23-32(35)39)38-40-33-18-10-7-16-30(33)36(41-38)24-12-4-3-5-13-24/h3-23,26,28H,1-2H3. The average molecular weight is 540 g/mol. The fourth-order valence-electron chi connectivity index (χ4n) is 7.71. The number of hydrogen-bond acceptors (Lipinski definition) is 2. The Hall–Kier alpha value is -5.02.